The molecule has 3 aromatic rings. The summed E-state index contributed by atoms with van der Waals surface area (Å²) >= 11 is 1.59. The largest absolute Gasteiger partial charge is 0.353 e. The van der Waals surface area contributed by atoms with Gasteiger partial charge in [0, 0.05) is 35.5 Å². The maximum atomic E-state index is 13.1. The maximum Gasteiger partial charge on any atom is 0.275 e. The Hall–Kier alpha value is -3.25. The SMILES string of the molecule is C=CCNC(=O)CCC1CCCC(c2nc(C(=O)Nc3ccc(C)cc3-c3ccccc3)cs2)CC1. The van der Waals surface area contributed by atoms with Crippen LogP contribution in [0.25, 0.3) is 11.1 Å². The van der Waals surface area contributed by atoms with E-state index in [-0.39, 0.29) is 11.8 Å². The summed E-state index contributed by atoms with van der Waals surface area (Å²) in [7, 11) is 0. The summed E-state index contributed by atoms with van der Waals surface area (Å²) < 4.78 is 0. The lowest BCUT2D eigenvalue weighted by Gasteiger charge is -2.14. The van der Waals surface area contributed by atoms with Gasteiger partial charge in [-0.05, 0) is 56.2 Å². The van der Waals surface area contributed by atoms with Crippen molar-refractivity contribution >= 4 is 28.8 Å². The molecular weight excluding hydrogens is 466 g/mol. The van der Waals surface area contributed by atoms with E-state index in [2.05, 4.69) is 42.3 Å². The number of aromatic nitrogens is 1. The van der Waals surface area contributed by atoms with Gasteiger partial charge in [-0.25, -0.2) is 4.98 Å². The summed E-state index contributed by atoms with van der Waals surface area (Å²) in [5.74, 6) is 0.895. The van der Waals surface area contributed by atoms with E-state index in [0.29, 0.717) is 30.5 Å². The summed E-state index contributed by atoms with van der Waals surface area (Å²) in [6, 6.07) is 16.2. The van der Waals surface area contributed by atoms with Gasteiger partial charge < -0.3 is 10.6 Å². The molecule has 0 bridgehead atoms. The number of amides is 2. The predicted molar refractivity (Wildman–Crippen MR) is 148 cm³/mol. The molecule has 4 rings (SSSR count). The average molecular weight is 502 g/mol. The molecule has 0 radical (unpaired) electrons. The second-order valence-corrected chi connectivity index (χ2v) is 10.5. The van der Waals surface area contributed by atoms with Crippen LogP contribution >= 0.6 is 11.3 Å². The Morgan fingerprint density at radius 2 is 1.94 bits per heavy atom. The van der Waals surface area contributed by atoms with Gasteiger partial charge in [0.1, 0.15) is 5.69 Å². The topological polar surface area (TPSA) is 71.1 Å². The van der Waals surface area contributed by atoms with E-state index < -0.39 is 0 Å². The predicted octanol–water partition coefficient (Wildman–Crippen LogP) is 7.12. The minimum Gasteiger partial charge on any atom is -0.353 e. The summed E-state index contributed by atoms with van der Waals surface area (Å²) in [6.45, 7) is 6.23. The molecule has 2 N–H and O–H groups in total. The van der Waals surface area contributed by atoms with Crippen molar-refractivity contribution in [3.8, 4) is 11.1 Å². The van der Waals surface area contributed by atoms with Crippen molar-refractivity contribution in [3.05, 3.63) is 82.8 Å². The zero-order chi connectivity index (χ0) is 25.3. The van der Waals surface area contributed by atoms with Crippen LogP contribution < -0.4 is 10.6 Å². The standard InChI is InChI=1S/C30H35N3O2S/c1-3-18-31-28(34)17-14-22-8-7-11-24(15-13-22)30-33-27(20-36-30)29(35)32-26-16-12-21(2)19-25(26)23-9-5-4-6-10-23/h3-6,9-10,12,16,19-20,22,24H,1,7-8,11,13-15,17-18H2,2H3,(H,31,34)(H,32,35). The second-order valence-electron chi connectivity index (χ2n) is 9.64. The number of aryl methyl sites for hydroxylation is 1. The quantitative estimate of drug-likeness (QED) is 0.242. The van der Waals surface area contributed by atoms with E-state index in [4.69, 9.17) is 4.98 Å². The van der Waals surface area contributed by atoms with Crippen LogP contribution in [0.15, 0.2) is 66.6 Å². The fourth-order valence-electron chi connectivity index (χ4n) is 4.91. The molecule has 1 aliphatic rings. The molecule has 2 aromatic carbocycles. The van der Waals surface area contributed by atoms with Crippen LogP contribution in [0.3, 0.4) is 0 Å². The van der Waals surface area contributed by atoms with E-state index in [0.717, 1.165) is 65.9 Å². The molecule has 1 aromatic heterocycles. The van der Waals surface area contributed by atoms with Crippen LogP contribution in [-0.2, 0) is 4.79 Å². The molecule has 0 saturated heterocycles. The van der Waals surface area contributed by atoms with Gasteiger partial charge in [-0.1, -0.05) is 60.9 Å². The first kappa shape index (κ1) is 25.8. The van der Waals surface area contributed by atoms with E-state index >= 15 is 0 Å². The summed E-state index contributed by atoms with van der Waals surface area (Å²) in [5, 5.41) is 8.89. The van der Waals surface area contributed by atoms with Crippen molar-refractivity contribution in [2.45, 2.75) is 57.8 Å². The van der Waals surface area contributed by atoms with E-state index in [1.165, 1.54) is 0 Å². The van der Waals surface area contributed by atoms with Crippen molar-refractivity contribution < 1.29 is 9.59 Å². The fraction of sp³-hybridized carbons (Fsp3) is 0.367. The van der Waals surface area contributed by atoms with Gasteiger partial charge in [0.05, 0.1) is 5.01 Å². The van der Waals surface area contributed by atoms with Gasteiger partial charge in [0.2, 0.25) is 5.91 Å². The molecule has 1 heterocycles. The number of thiazole rings is 1. The summed E-state index contributed by atoms with van der Waals surface area (Å²) in [6.07, 6.45) is 8.75. The second kappa shape index (κ2) is 12.6. The Morgan fingerprint density at radius 1 is 1.11 bits per heavy atom. The molecule has 0 aliphatic heterocycles. The zero-order valence-electron chi connectivity index (χ0n) is 21.0. The number of carbonyl (C=O) groups excluding carboxylic acids is 2. The molecule has 188 valence electrons. The Morgan fingerprint density at radius 3 is 2.75 bits per heavy atom. The van der Waals surface area contributed by atoms with E-state index in [9.17, 15) is 9.59 Å². The highest BCUT2D eigenvalue weighted by Gasteiger charge is 2.24. The first-order chi connectivity index (χ1) is 17.5. The minimum atomic E-state index is -0.171. The molecule has 2 atom stereocenters. The lowest BCUT2D eigenvalue weighted by molar-refractivity contribution is -0.121. The molecule has 2 unspecified atom stereocenters. The van der Waals surface area contributed by atoms with Crippen LogP contribution in [0.5, 0.6) is 0 Å². The number of hydrogen-bond acceptors (Lipinski definition) is 4. The smallest absolute Gasteiger partial charge is 0.275 e. The minimum absolute atomic E-state index is 0.107. The van der Waals surface area contributed by atoms with E-state index in [1.807, 2.05) is 35.7 Å². The number of rotatable bonds is 9. The van der Waals surface area contributed by atoms with Gasteiger partial charge in [0.25, 0.3) is 5.91 Å². The van der Waals surface area contributed by atoms with Crippen molar-refractivity contribution in [2.24, 2.45) is 5.92 Å². The molecule has 0 spiro atoms. The highest BCUT2D eigenvalue weighted by atomic mass is 32.1. The van der Waals surface area contributed by atoms with Crippen LogP contribution in [0, 0.1) is 12.8 Å². The number of hydrogen-bond donors (Lipinski definition) is 2. The average Bonchev–Trinajstić information content (AvgIpc) is 3.27. The van der Waals surface area contributed by atoms with Gasteiger partial charge in [-0.15, -0.1) is 17.9 Å². The Labute approximate surface area is 218 Å². The molecule has 2 amide bonds. The number of carbonyl (C=O) groups is 2. The van der Waals surface area contributed by atoms with Crippen LogP contribution in [0.1, 0.15) is 71.9 Å². The molecule has 36 heavy (non-hydrogen) atoms. The van der Waals surface area contributed by atoms with Gasteiger partial charge in [-0.3, -0.25) is 9.59 Å². The Kier molecular flexibility index (Phi) is 9.06. The maximum absolute atomic E-state index is 13.1. The lowest BCUT2D eigenvalue weighted by Crippen LogP contribution is -2.23. The molecule has 6 heteroatoms. The molecule has 1 aliphatic carbocycles. The third kappa shape index (κ3) is 6.91. The lowest BCUT2D eigenvalue weighted by atomic mass is 9.94. The van der Waals surface area contributed by atoms with Crippen molar-refractivity contribution in [1.82, 2.24) is 10.3 Å². The van der Waals surface area contributed by atoms with E-state index in [1.54, 1.807) is 17.4 Å². The van der Waals surface area contributed by atoms with Crippen molar-refractivity contribution in [1.29, 1.82) is 0 Å². The fourth-order valence-corrected chi connectivity index (χ4v) is 5.88. The normalized spacial score (nSPS) is 17.7. The van der Waals surface area contributed by atoms with Gasteiger partial charge in [-0.2, -0.15) is 0 Å². The third-order valence-electron chi connectivity index (χ3n) is 6.92. The van der Waals surface area contributed by atoms with Crippen molar-refractivity contribution in [2.75, 3.05) is 11.9 Å². The summed E-state index contributed by atoms with van der Waals surface area (Å²) in [5.41, 5.74) is 4.50. The van der Waals surface area contributed by atoms with Crippen molar-refractivity contribution in [3.63, 3.8) is 0 Å². The molecule has 1 fully saturated rings. The highest BCUT2D eigenvalue weighted by molar-refractivity contribution is 7.10. The zero-order valence-corrected chi connectivity index (χ0v) is 21.8. The number of anilines is 1. The van der Waals surface area contributed by atoms with Crippen LogP contribution in [0.4, 0.5) is 5.69 Å². The van der Waals surface area contributed by atoms with Gasteiger partial charge in [0.15, 0.2) is 0 Å². The Bertz CT molecular complexity index is 1190. The number of benzene rings is 2. The first-order valence-electron chi connectivity index (χ1n) is 12.8. The monoisotopic (exact) mass is 501 g/mol. The van der Waals surface area contributed by atoms with Crippen LogP contribution in [-0.4, -0.2) is 23.3 Å². The summed E-state index contributed by atoms with van der Waals surface area (Å²) in [4.78, 5) is 29.8. The molecular formula is C30H35N3O2S. The molecule has 5 nitrogen and oxygen atoms in total. The highest BCUT2D eigenvalue weighted by Crippen LogP contribution is 2.37. The number of nitrogens with one attached hydrogen (secondary N) is 2. The third-order valence-corrected chi connectivity index (χ3v) is 7.93. The first-order valence-corrected chi connectivity index (χ1v) is 13.7. The number of nitrogens with zero attached hydrogens (tertiary/aromatic N) is 1. The Balaban J connectivity index is 1.36. The molecule has 1 saturated carbocycles. The van der Waals surface area contributed by atoms with Gasteiger partial charge >= 0.3 is 0 Å². The van der Waals surface area contributed by atoms with Crippen LogP contribution in [0.2, 0.25) is 0 Å².